The zero-order chi connectivity index (χ0) is 16.3. The third-order valence-corrected chi connectivity index (χ3v) is 2.80. The number of carboxylic acid groups (broad SMARTS) is 1. The lowest BCUT2D eigenvalue weighted by Gasteiger charge is -2.04. The van der Waals surface area contributed by atoms with E-state index in [1.165, 1.54) is 30.2 Å². The van der Waals surface area contributed by atoms with Gasteiger partial charge in [0.15, 0.2) is 5.69 Å². The molecule has 0 saturated carbocycles. The van der Waals surface area contributed by atoms with E-state index in [4.69, 9.17) is 5.11 Å². The zero-order valence-corrected chi connectivity index (χ0v) is 11.5. The van der Waals surface area contributed by atoms with E-state index < -0.39 is 16.8 Å². The topological polar surface area (TPSA) is 145 Å². The molecule has 0 saturated heterocycles. The molecule has 0 aromatic carbocycles. The molecule has 0 spiro atoms. The van der Waals surface area contributed by atoms with Crippen molar-refractivity contribution in [3.63, 3.8) is 0 Å². The number of aromatic nitrogens is 4. The average Bonchev–Trinajstić information content (AvgIpc) is 3.03. The van der Waals surface area contributed by atoms with Crippen molar-refractivity contribution in [3.8, 4) is 0 Å². The van der Waals surface area contributed by atoms with E-state index in [-0.39, 0.29) is 30.2 Å². The van der Waals surface area contributed by atoms with Crippen LogP contribution >= 0.6 is 0 Å². The number of aromatic carboxylic acids is 1. The van der Waals surface area contributed by atoms with Gasteiger partial charge in [0, 0.05) is 13.5 Å². The molecule has 2 rings (SSSR count). The highest BCUT2D eigenvalue weighted by Gasteiger charge is 2.18. The fourth-order valence-corrected chi connectivity index (χ4v) is 1.78. The summed E-state index contributed by atoms with van der Waals surface area (Å²) in [5, 5.41) is 29.4. The summed E-state index contributed by atoms with van der Waals surface area (Å²) in [6.07, 6.45) is 2.60. The molecule has 116 valence electrons. The van der Waals surface area contributed by atoms with Gasteiger partial charge >= 0.3 is 11.8 Å². The van der Waals surface area contributed by atoms with Crippen molar-refractivity contribution in [1.29, 1.82) is 0 Å². The summed E-state index contributed by atoms with van der Waals surface area (Å²) in [6, 6.07) is 1.22. The Hall–Kier alpha value is -3.24. The van der Waals surface area contributed by atoms with E-state index in [1.807, 2.05) is 0 Å². The number of carbonyl (C=O) groups excluding carboxylic acids is 1. The molecule has 22 heavy (non-hydrogen) atoms. The van der Waals surface area contributed by atoms with Crippen molar-refractivity contribution < 1.29 is 19.6 Å². The SMILES string of the molecule is Cn1ncc(NC(=O)CCn2ccc([N+](=O)[O-])n2)c1C(=O)O. The number of aryl methyl sites for hydroxylation is 2. The predicted octanol–water partition coefficient (Wildman–Crippen LogP) is 0.252. The van der Waals surface area contributed by atoms with Gasteiger partial charge < -0.3 is 20.5 Å². The molecule has 0 unspecified atom stereocenters. The molecular formula is C11H12N6O5. The van der Waals surface area contributed by atoms with Crippen molar-refractivity contribution in [2.24, 2.45) is 7.05 Å². The van der Waals surface area contributed by atoms with Crippen molar-refractivity contribution in [3.05, 3.63) is 34.3 Å². The first-order chi connectivity index (χ1) is 10.4. The van der Waals surface area contributed by atoms with Gasteiger partial charge in [0.25, 0.3) is 0 Å². The molecule has 2 aromatic heterocycles. The van der Waals surface area contributed by atoms with Gasteiger partial charge in [-0.1, -0.05) is 0 Å². The zero-order valence-electron chi connectivity index (χ0n) is 11.5. The van der Waals surface area contributed by atoms with Gasteiger partial charge in [-0.25, -0.2) is 4.79 Å². The Morgan fingerprint density at radius 3 is 2.82 bits per heavy atom. The highest BCUT2D eigenvalue weighted by atomic mass is 16.6. The minimum absolute atomic E-state index is 0.0210. The molecule has 2 aromatic rings. The van der Waals surface area contributed by atoms with Crippen molar-refractivity contribution in [1.82, 2.24) is 19.6 Å². The van der Waals surface area contributed by atoms with Gasteiger partial charge in [-0.15, -0.1) is 0 Å². The van der Waals surface area contributed by atoms with Gasteiger partial charge in [-0.3, -0.25) is 9.48 Å². The lowest BCUT2D eigenvalue weighted by atomic mass is 10.3. The summed E-state index contributed by atoms with van der Waals surface area (Å²) in [4.78, 5) is 32.7. The van der Waals surface area contributed by atoms with Crippen LogP contribution in [0.1, 0.15) is 16.9 Å². The van der Waals surface area contributed by atoms with Gasteiger partial charge in [-0.05, 0) is 4.92 Å². The molecule has 2 heterocycles. The fourth-order valence-electron chi connectivity index (χ4n) is 1.78. The molecule has 1 amide bonds. The number of hydrogen-bond acceptors (Lipinski definition) is 6. The second-order valence-electron chi connectivity index (χ2n) is 4.33. The van der Waals surface area contributed by atoms with Crippen LogP contribution in [-0.4, -0.2) is 41.5 Å². The van der Waals surface area contributed by atoms with Crippen LogP contribution in [0.25, 0.3) is 0 Å². The second kappa shape index (κ2) is 6.03. The molecule has 0 aliphatic carbocycles. The summed E-state index contributed by atoms with van der Waals surface area (Å²) in [7, 11) is 1.45. The normalized spacial score (nSPS) is 10.4. The Morgan fingerprint density at radius 2 is 2.23 bits per heavy atom. The first-order valence-electron chi connectivity index (χ1n) is 6.11. The minimum atomic E-state index is -1.21. The van der Waals surface area contributed by atoms with Gasteiger partial charge in [-0.2, -0.15) is 9.78 Å². The average molecular weight is 308 g/mol. The van der Waals surface area contributed by atoms with E-state index in [9.17, 15) is 19.7 Å². The lowest BCUT2D eigenvalue weighted by molar-refractivity contribution is -0.389. The van der Waals surface area contributed by atoms with Gasteiger partial charge in [0.2, 0.25) is 5.91 Å². The number of hydrogen-bond donors (Lipinski definition) is 2. The van der Waals surface area contributed by atoms with Crippen molar-refractivity contribution in [2.45, 2.75) is 13.0 Å². The smallest absolute Gasteiger partial charge is 0.389 e. The van der Waals surface area contributed by atoms with E-state index in [0.29, 0.717) is 0 Å². The monoisotopic (exact) mass is 308 g/mol. The van der Waals surface area contributed by atoms with Crippen LogP contribution in [0.4, 0.5) is 11.5 Å². The van der Waals surface area contributed by atoms with Crippen LogP contribution in [0.2, 0.25) is 0 Å². The number of amides is 1. The third kappa shape index (κ3) is 3.26. The van der Waals surface area contributed by atoms with Crippen molar-refractivity contribution in [2.75, 3.05) is 5.32 Å². The van der Waals surface area contributed by atoms with Crippen LogP contribution in [0.15, 0.2) is 18.5 Å². The lowest BCUT2D eigenvalue weighted by Crippen LogP contribution is -2.17. The van der Waals surface area contributed by atoms with Crippen molar-refractivity contribution >= 4 is 23.4 Å². The molecule has 2 N–H and O–H groups in total. The number of nitrogens with zero attached hydrogens (tertiary/aromatic N) is 5. The summed E-state index contributed by atoms with van der Waals surface area (Å²) in [5.74, 6) is -1.97. The maximum Gasteiger partial charge on any atom is 0.389 e. The van der Waals surface area contributed by atoms with E-state index in [2.05, 4.69) is 15.5 Å². The Balaban J connectivity index is 1.96. The largest absolute Gasteiger partial charge is 0.476 e. The van der Waals surface area contributed by atoms with Crippen LogP contribution in [0.3, 0.4) is 0 Å². The Labute approximate surface area is 123 Å². The molecular weight excluding hydrogens is 296 g/mol. The number of anilines is 1. The molecule has 0 aliphatic heterocycles. The van der Waals surface area contributed by atoms with Gasteiger partial charge in [0.1, 0.15) is 0 Å². The summed E-state index contributed by atoms with van der Waals surface area (Å²) >= 11 is 0. The van der Waals surface area contributed by atoms with Gasteiger partial charge in [0.05, 0.1) is 35.8 Å². The molecule has 0 aliphatic rings. The number of nitrogens with one attached hydrogen (secondary N) is 1. The minimum Gasteiger partial charge on any atom is -0.476 e. The number of nitro groups is 1. The summed E-state index contributed by atoms with van der Waals surface area (Å²) in [5.41, 5.74) is -0.0467. The standard InChI is InChI=1S/C11H12N6O5/c1-15-10(11(19)20)7(6-12-15)13-9(18)3-5-16-4-2-8(14-16)17(21)22/h2,4,6H,3,5H2,1H3,(H,13,18)(H,19,20). The number of rotatable bonds is 6. The van der Waals surface area contributed by atoms with E-state index in [1.54, 1.807) is 0 Å². The summed E-state index contributed by atoms with van der Waals surface area (Å²) in [6.45, 7) is 0.127. The quantitative estimate of drug-likeness (QED) is 0.574. The Kier molecular flexibility index (Phi) is 4.15. The highest BCUT2D eigenvalue weighted by Crippen LogP contribution is 2.14. The van der Waals surface area contributed by atoms with E-state index in [0.717, 1.165) is 4.68 Å². The molecule has 11 heteroatoms. The summed E-state index contributed by atoms with van der Waals surface area (Å²) < 4.78 is 2.40. The third-order valence-electron chi connectivity index (χ3n) is 2.80. The maximum atomic E-state index is 11.8. The molecule has 0 atom stereocenters. The highest BCUT2D eigenvalue weighted by molar-refractivity contribution is 5.99. The fraction of sp³-hybridized carbons (Fsp3) is 0.273. The first-order valence-corrected chi connectivity index (χ1v) is 6.11. The predicted molar refractivity (Wildman–Crippen MR) is 72.3 cm³/mol. The molecule has 0 radical (unpaired) electrons. The van der Waals surface area contributed by atoms with E-state index >= 15 is 0 Å². The van der Waals surface area contributed by atoms with Crippen LogP contribution in [-0.2, 0) is 18.4 Å². The van der Waals surface area contributed by atoms with Crippen LogP contribution < -0.4 is 5.32 Å². The van der Waals surface area contributed by atoms with Crippen LogP contribution in [0.5, 0.6) is 0 Å². The van der Waals surface area contributed by atoms with Crippen LogP contribution in [0, 0.1) is 10.1 Å². The second-order valence-corrected chi connectivity index (χ2v) is 4.33. The number of carboxylic acids is 1. The molecule has 0 fully saturated rings. The molecule has 0 bridgehead atoms. The molecule has 11 nitrogen and oxygen atoms in total. The number of carbonyl (C=O) groups is 2. The Bertz CT molecular complexity index is 733. The maximum absolute atomic E-state index is 11.8. The first kappa shape index (κ1) is 15.2. The Morgan fingerprint density at radius 1 is 1.50 bits per heavy atom.